The molecule has 0 aromatic heterocycles. The van der Waals surface area contributed by atoms with Crippen LogP contribution in [0.5, 0.6) is 11.5 Å². The lowest BCUT2D eigenvalue weighted by atomic mass is 9.64. The minimum absolute atomic E-state index is 0.0211. The number of hydrogen-bond acceptors (Lipinski definition) is 10. The smallest absolute Gasteiger partial charge is 0.223 e. The zero-order valence-corrected chi connectivity index (χ0v) is 28.5. The molecule has 3 aliphatic heterocycles. The van der Waals surface area contributed by atoms with Gasteiger partial charge in [-0.25, -0.2) is 0 Å². The number of methoxy groups -OCH3 is 3. The van der Waals surface area contributed by atoms with Gasteiger partial charge in [-0.05, 0) is 96.3 Å². The van der Waals surface area contributed by atoms with Gasteiger partial charge >= 0.3 is 0 Å². The maximum Gasteiger partial charge on any atom is 0.223 e. The van der Waals surface area contributed by atoms with Crippen LogP contribution in [0.15, 0.2) is 36.1 Å². The first-order chi connectivity index (χ1) is 22.3. The first kappa shape index (κ1) is 32.3. The van der Waals surface area contributed by atoms with E-state index in [-0.39, 0.29) is 28.8 Å². The van der Waals surface area contributed by atoms with E-state index in [0.717, 1.165) is 25.7 Å². The van der Waals surface area contributed by atoms with Crippen molar-refractivity contribution in [3.63, 3.8) is 0 Å². The summed E-state index contributed by atoms with van der Waals surface area (Å²) in [5, 5.41) is 14.0. The van der Waals surface area contributed by atoms with Gasteiger partial charge < -0.3 is 33.6 Å². The topological polar surface area (TPSA) is 113 Å². The average molecular weight is 648 g/mol. The molecule has 3 heterocycles. The fourth-order valence-corrected chi connectivity index (χ4v) is 9.22. The largest absolute Gasteiger partial charge is 0.506 e. The predicted octanol–water partition coefficient (Wildman–Crippen LogP) is 5.94. The summed E-state index contributed by atoms with van der Waals surface area (Å²) in [7, 11) is 4.40. The number of allylic oxidation sites excluding steroid dienone is 1. The number of hydrogen-bond donors (Lipinski definition) is 1. The van der Waals surface area contributed by atoms with Crippen molar-refractivity contribution in [3.8, 4) is 11.5 Å². The molecule has 4 bridgehead atoms. The summed E-state index contributed by atoms with van der Waals surface area (Å²) in [5.74, 6) is -1.89. The molecule has 8 rings (SSSR count). The number of ketones is 2. The van der Waals surface area contributed by atoms with Gasteiger partial charge in [-0.3, -0.25) is 9.59 Å². The van der Waals surface area contributed by atoms with Gasteiger partial charge in [0.05, 0.1) is 29.9 Å². The Hall–Kier alpha value is -3.28. The maximum atomic E-state index is 14.4. The van der Waals surface area contributed by atoms with Gasteiger partial charge in [0.15, 0.2) is 22.9 Å². The number of aromatic hydroxyl groups is 1. The number of carbonyl (C=O) groups is 2. The van der Waals surface area contributed by atoms with Gasteiger partial charge in [0.25, 0.3) is 0 Å². The maximum absolute atomic E-state index is 14.4. The average Bonchev–Trinajstić information content (AvgIpc) is 3.24. The van der Waals surface area contributed by atoms with Crippen molar-refractivity contribution >= 4 is 11.6 Å². The number of phenolic OH excluding ortho intramolecular Hbond substituents is 1. The van der Waals surface area contributed by atoms with Crippen LogP contribution in [-0.4, -0.2) is 72.6 Å². The molecule has 0 radical (unpaired) electrons. The monoisotopic (exact) mass is 647 g/mol. The van der Waals surface area contributed by atoms with E-state index >= 15 is 0 Å². The number of aryl methyl sites for hydroxylation is 1. The van der Waals surface area contributed by atoms with Crippen LogP contribution >= 0.6 is 0 Å². The van der Waals surface area contributed by atoms with Crippen molar-refractivity contribution in [2.75, 3.05) is 21.3 Å². The van der Waals surface area contributed by atoms with Crippen molar-refractivity contribution < 1.29 is 43.2 Å². The molecule has 0 amide bonds. The molecule has 252 valence electrons. The van der Waals surface area contributed by atoms with Gasteiger partial charge in [-0.15, -0.1) is 5.06 Å². The van der Waals surface area contributed by atoms with Gasteiger partial charge in [0, 0.05) is 43.5 Å². The Labute approximate surface area is 275 Å². The normalized spacial score (nSPS) is 31.9. The van der Waals surface area contributed by atoms with Crippen LogP contribution in [-0.2, 0) is 29.6 Å². The third kappa shape index (κ3) is 4.78. The van der Waals surface area contributed by atoms with Crippen LogP contribution in [0, 0.1) is 18.8 Å². The molecule has 2 saturated carbocycles. The SMILES string of the molecule is COc1cccc2c1C(=O)c1c(cc(C)c(C(=O)/C=C(/ON3C4CC5CC(C4)CC3C5)C3(C)OC(C)(C)OC3C)c1O)C2(OC)OC. The van der Waals surface area contributed by atoms with E-state index in [1.165, 1.54) is 33.8 Å². The molecule has 0 spiro atoms. The zero-order valence-electron chi connectivity index (χ0n) is 28.5. The van der Waals surface area contributed by atoms with Gasteiger partial charge in [0.2, 0.25) is 11.6 Å². The highest BCUT2D eigenvalue weighted by Gasteiger charge is 2.55. The van der Waals surface area contributed by atoms with Crippen LogP contribution in [0.2, 0.25) is 0 Å². The van der Waals surface area contributed by atoms with Crippen molar-refractivity contribution in [3.05, 3.63) is 69.5 Å². The summed E-state index contributed by atoms with van der Waals surface area (Å²) in [4.78, 5) is 35.4. The third-order valence-corrected chi connectivity index (χ3v) is 11.2. The zero-order chi connectivity index (χ0) is 33.6. The number of hydroxylamine groups is 2. The molecule has 5 fully saturated rings. The number of carbonyl (C=O) groups excluding carboxylic acids is 2. The van der Waals surface area contributed by atoms with E-state index in [0.29, 0.717) is 40.0 Å². The highest BCUT2D eigenvalue weighted by atomic mass is 16.8. The molecule has 2 atom stereocenters. The molecule has 1 N–H and O–H groups in total. The summed E-state index contributed by atoms with van der Waals surface area (Å²) in [6.07, 6.45) is 6.54. The number of nitrogens with zero attached hydrogens (tertiary/aromatic N) is 1. The van der Waals surface area contributed by atoms with Crippen molar-refractivity contribution in [1.82, 2.24) is 5.06 Å². The second-order valence-electron chi connectivity index (χ2n) is 14.5. The van der Waals surface area contributed by atoms with E-state index in [9.17, 15) is 14.7 Å². The van der Waals surface area contributed by atoms with E-state index in [1.54, 1.807) is 31.2 Å². The Balaban J connectivity index is 1.35. The van der Waals surface area contributed by atoms with Gasteiger partial charge in [0.1, 0.15) is 11.5 Å². The second kappa shape index (κ2) is 11.1. The number of ether oxygens (including phenoxy) is 5. The number of piperidine rings is 2. The quantitative estimate of drug-likeness (QED) is 0.160. The minimum Gasteiger partial charge on any atom is -0.506 e. The Morgan fingerprint density at radius 3 is 2.17 bits per heavy atom. The molecule has 3 aliphatic carbocycles. The molecule has 47 heavy (non-hydrogen) atoms. The lowest BCUT2D eigenvalue weighted by Gasteiger charge is -2.55. The van der Waals surface area contributed by atoms with Gasteiger partial charge in [-0.2, -0.15) is 0 Å². The molecule has 2 aromatic rings. The number of rotatable bonds is 8. The van der Waals surface area contributed by atoms with E-state index in [1.807, 2.05) is 27.7 Å². The molecule has 3 saturated heterocycles. The minimum atomic E-state index is -1.53. The molecule has 6 aliphatic rings. The van der Waals surface area contributed by atoms with Crippen LogP contribution in [0.25, 0.3) is 0 Å². The van der Waals surface area contributed by atoms with Crippen molar-refractivity contribution in [2.45, 2.75) is 102 Å². The Bertz CT molecular complexity index is 1650. The Kier molecular flexibility index (Phi) is 7.65. The third-order valence-electron chi connectivity index (χ3n) is 11.2. The first-order valence-corrected chi connectivity index (χ1v) is 16.6. The van der Waals surface area contributed by atoms with Gasteiger partial charge in [-0.1, -0.05) is 12.1 Å². The van der Waals surface area contributed by atoms with Crippen LogP contribution in [0.4, 0.5) is 0 Å². The van der Waals surface area contributed by atoms with E-state index in [4.69, 9.17) is 28.5 Å². The summed E-state index contributed by atoms with van der Waals surface area (Å²) in [6, 6.07) is 7.35. The Morgan fingerprint density at radius 2 is 1.62 bits per heavy atom. The van der Waals surface area contributed by atoms with Crippen molar-refractivity contribution in [1.29, 1.82) is 0 Å². The standard InChI is InChI=1S/C37H45NO9/c1-19-12-26-32(34(41)31-25(37(26,43-7)44-8)10-9-11-28(31)42-6)33(40)30(19)27(39)18-29(36(5)20(2)45-35(3,4)47-36)46-38-23-14-21-13-22(16-23)17-24(38)15-21/h9-12,18,20-24,40H,13-17H2,1-8H3/b29-18+. The second-order valence-corrected chi connectivity index (χ2v) is 14.5. The van der Waals surface area contributed by atoms with Crippen molar-refractivity contribution in [2.24, 2.45) is 11.8 Å². The van der Waals surface area contributed by atoms with E-state index < -0.39 is 40.6 Å². The number of benzene rings is 2. The lowest BCUT2D eigenvalue weighted by Crippen LogP contribution is -2.58. The first-order valence-electron chi connectivity index (χ1n) is 16.6. The van der Waals surface area contributed by atoms with Crippen LogP contribution in [0.1, 0.15) is 103 Å². The van der Waals surface area contributed by atoms with E-state index in [2.05, 4.69) is 5.06 Å². The Morgan fingerprint density at radius 1 is 0.979 bits per heavy atom. The summed E-state index contributed by atoms with van der Waals surface area (Å²) >= 11 is 0. The summed E-state index contributed by atoms with van der Waals surface area (Å²) in [6.45, 7) is 9.18. The number of phenols is 1. The summed E-state index contributed by atoms with van der Waals surface area (Å²) < 4.78 is 30.1. The molecular weight excluding hydrogens is 602 g/mol. The fraction of sp³-hybridized carbons (Fsp3) is 0.568. The lowest BCUT2D eigenvalue weighted by molar-refractivity contribution is -0.260. The molecule has 2 unspecified atom stereocenters. The molecule has 10 heteroatoms. The molecular formula is C37H45NO9. The summed E-state index contributed by atoms with van der Waals surface area (Å²) in [5.41, 5.74) is 0.174. The fourth-order valence-electron chi connectivity index (χ4n) is 9.22. The molecule has 10 nitrogen and oxygen atoms in total. The highest BCUT2D eigenvalue weighted by Crippen LogP contribution is 2.52. The number of fused-ring (bicyclic) bond motifs is 2. The molecule has 2 aromatic carbocycles. The highest BCUT2D eigenvalue weighted by molar-refractivity contribution is 6.19. The van der Waals surface area contributed by atoms with Crippen LogP contribution in [0.3, 0.4) is 0 Å². The predicted molar refractivity (Wildman–Crippen MR) is 171 cm³/mol. The van der Waals surface area contributed by atoms with Crippen LogP contribution < -0.4 is 4.74 Å².